The van der Waals surface area contributed by atoms with Crippen LogP contribution in [0.5, 0.6) is 5.75 Å². The first kappa shape index (κ1) is 20.3. The highest BCUT2D eigenvalue weighted by Gasteiger charge is 2.48. The molecule has 1 amide bonds. The molecule has 1 aliphatic rings. The predicted molar refractivity (Wildman–Crippen MR) is 118 cm³/mol. The number of aryl methyl sites for hydroxylation is 1. The molecular formula is C25H22N2O4. The predicted octanol–water partition coefficient (Wildman–Crippen LogP) is 4.33. The third-order valence-electron chi connectivity index (χ3n) is 5.61. The molecule has 3 aromatic rings. The number of hydrogen-bond donors (Lipinski definition) is 1. The molecule has 0 radical (unpaired) electrons. The highest BCUT2D eigenvalue weighted by molar-refractivity contribution is 6.51. The fourth-order valence-corrected chi connectivity index (χ4v) is 3.80. The van der Waals surface area contributed by atoms with Gasteiger partial charge >= 0.3 is 0 Å². The van der Waals surface area contributed by atoms with Crippen LogP contribution in [0.1, 0.15) is 28.4 Å². The summed E-state index contributed by atoms with van der Waals surface area (Å²) in [7, 11) is 1.55. The normalized spacial score (nSPS) is 17.8. The number of anilines is 1. The van der Waals surface area contributed by atoms with Crippen LogP contribution < -0.4 is 9.64 Å². The Morgan fingerprint density at radius 2 is 1.74 bits per heavy atom. The Hall–Kier alpha value is -3.93. The van der Waals surface area contributed by atoms with Crippen molar-refractivity contribution in [2.45, 2.75) is 19.9 Å². The van der Waals surface area contributed by atoms with E-state index in [1.165, 1.54) is 4.90 Å². The molecule has 1 saturated heterocycles. The highest BCUT2D eigenvalue weighted by Crippen LogP contribution is 2.42. The summed E-state index contributed by atoms with van der Waals surface area (Å²) in [5.74, 6) is -1.07. The van der Waals surface area contributed by atoms with Crippen molar-refractivity contribution in [2.75, 3.05) is 12.0 Å². The molecule has 1 unspecified atom stereocenters. The van der Waals surface area contributed by atoms with Crippen molar-refractivity contribution in [3.63, 3.8) is 0 Å². The van der Waals surface area contributed by atoms with Gasteiger partial charge < -0.3 is 9.84 Å². The molecule has 0 spiro atoms. The van der Waals surface area contributed by atoms with Gasteiger partial charge in [-0.05, 0) is 67.4 Å². The van der Waals surface area contributed by atoms with Crippen LogP contribution in [0.25, 0.3) is 5.76 Å². The summed E-state index contributed by atoms with van der Waals surface area (Å²) >= 11 is 0. The fourth-order valence-electron chi connectivity index (χ4n) is 3.80. The Balaban J connectivity index is 1.95. The van der Waals surface area contributed by atoms with E-state index >= 15 is 0 Å². The number of hydrogen-bond acceptors (Lipinski definition) is 5. The Morgan fingerprint density at radius 1 is 1.00 bits per heavy atom. The number of pyridine rings is 1. The number of nitrogens with zero attached hydrogens (tertiary/aromatic N) is 2. The molecular weight excluding hydrogens is 392 g/mol. The van der Waals surface area contributed by atoms with Gasteiger partial charge in [0.1, 0.15) is 17.6 Å². The molecule has 2 aromatic carbocycles. The molecule has 156 valence electrons. The molecule has 0 bridgehead atoms. The second kappa shape index (κ2) is 8.07. The van der Waals surface area contributed by atoms with Gasteiger partial charge in [-0.1, -0.05) is 18.2 Å². The van der Waals surface area contributed by atoms with Gasteiger partial charge in [0.05, 0.1) is 18.4 Å². The zero-order chi connectivity index (χ0) is 22.1. The molecule has 1 atom stereocenters. The van der Waals surface area contributed by atoms with Gasteiger partial charge in [0.2, 0.25) is 0 Å². The summed E-state index contributed by atoms with van der Waals surface area (Å²) in [6.07, 6.45) is 1.60. The highest BCUT2D eigenvalue weighted by atomic mass is 16.5. The van der Waals surface area contributed by atoms with Gasteiger partial charge in [-0.2, -0.15) is 0 Å². The van der Waals surface area contributed by atoms with Crippen LogP contribution in [0.2, 0.25) is 0 Å². The SMILES string of the molecule is COc1ccc(/C(O)=C2\C(=O)C(=O)N(c3cccc(C)c3C)C2c2ccccn2)cc1. The number of benzene rings is 2. The zero-order valence-corrected chi connectivity index (χ0v) is 17.5. The molecule has 1 N–H and O–H groups in total. The van der Waals surface area contributed by atoms with Crippen molar-refractivity contribution < 1.29 is 19.4 Å². The van der Waals surface area contributed by atoms with Crippen molar-refractivity contribution in [1.82, 2.24) is 4.98 Å². The number of aliphatic hydroxyl groups excluding tert-OH is 1. The van der Waals surface area contributed by atoms with Crippen LogP contribution in [-0.4, -0.2) is 28.9 Å². The van der Waals surface area contributed by atoms with E-state index in [4.69, 9.17) is 4.74 Å². The summed E-state index contributed by atoms with van der Waals surface area (Å²) in [6.45, 7) is 3.85. The first-order valence-corrected chi connectivity index (χ1v) is 9.86. The van der Waals surface area contributed by atoms with E-state index in [1.54, 1.807) is 61.8 Å². The minimum atomic E-state index is -0.844. The van der Waals surface area contributed by atoms with Crippen molar-refractivity contribution in [1.29, 1.82) is 0 Å². The Kier molecular flexibility index (Phi) is 5.29. The maximum absolute atomic E-state index is 13.2. The summed E-state index contributed by atoms with van der Waals surface area (Å²) in [5.41, 5.74) is 3.42. The van der Waals surface area contributed by atoms with Gasteiger partial charge in [0.25, 0.3) is 11.7 Å². The summed E-state index contributed by atoms with van der Waals surface area (Å²) < 4.78 is 5.17. The standard InChI is InChI=1S/C25H22N2O4/c1-15-7-6-9-20(16(15)2)27-22(19-8-4-5-14-26-19)21(24(29)25(27)30)23(28)17-10-12-18(31-3)13-11-17/h4-14,22,28H,1-3H3/b23-21+. The van der Waals surface area contributed by atoms with E-state index in [-0.39, 0.29) is 11.3 Å². The Morgan fingerprint density at radius 3 is 2.39 bits per heavy atom. The lowest BCUT2D eigenvalue weighted by Crippen LogP contribution is -2.30. The summed E-state index contributed by atoms with van der Waals surface area (Å²) in [4.78, 5) is 32.2. The van der Waals surface area contributed by atoms with Crippen molar-refractivity contribution >= 4 is 23.1 Å². The maximum atomic E-state index is 13.2. The van der Waals surface area contributed by atoms with Gasteiger partial charge in [0, 0.05) is 17.4 Å². The maximum Gasteiger partial charge on any atom is 0.300 e. The van der Waals surface area contributed by atoms with Crippen LogP contribution >= 0.6 is 0 Å². The fraction of sp³-hybridized carbons (Fsp3) is 0.160. The van der Waals surface area contributed by atoms with Crippen LogP contribution in [0.4, 0.5) is 5.69 Å². The number of aliphatic hydroxyl groups is 1. The molecule has 31 heavy (non-hydrogen) atoms. The number of carbonyl (C=O) groups is 2. The minimum Gasteiger partial charge on any atom is -0.507 e. The van der Waals surface area contributed by atoms with Crippen LogP contribution in [-0.2, 0) is 9.59 Å². The number of aromatic nitrogens is 1. The first-order valence-electron chi connectivity index (χ1n) is 9.86. The smallest absolute Gasteiger partial charge is 0.300 e. The number of methoxy groups -OCH3 is 1. The van der Waals surface area contributed by atoms with E-state index < -0.39 is 17.7 Å². The lowest BCUT2D eigenvalue weighted by molar-refractivity contribution is -0.132. The number of ether oxygens (including phenoxy) is 1. The number of carbonyl (C=O) groups excluding carboxylic acids is 2. The minimum absolute atomic E-state index is 0.00905. The van der Waals surface area contributed by atoms with E-state index in [0.29, 0.717) is 22.7 Å². The zero-order valence-electron chi connectivity index (χ0n) is 17.5. The second-order valence-electron chi connectivity index (χ2n) is 7.37. The third-order valence-corrected chi connectivity index (χ3v) is 5.61. The number of ketones is 1. The molecule has 6 heteroatoms. The molecule has 0 saturated carbocycles. The van der Waals surface area contributed by atoms with E-state index in [2.05, 4.69) is 4.98 Å². The van der Waals surface area contributed by atoms with Crippen molar-refractivity contribution in [3.05, 3.63) is 94.8 Å². The molecule has 1 aromatic heterocycles. The number of amides is 1. The van der Waals surface area contributed by atoms with Crippen molar-refractivity contribution in [3.8, 4) is 5.75 Å². The summed E-state index contributed by atoms with van der Waals surface area (Å²) in [6, 6.07) is 16.7. The average molecular weight is 414 g/mol. The van der Waals surface area contributed by atoms with Gasteiger partial charge in [-0.15, -0.1) is 0 Å². The monoisotopic (exact) mass is 414 g/mol. The van der Waals surface area contributed by atoms with Gasteiger partial charge in [-0.25, -0.2) is 0 Å². The molecule has 1 aliphatic heterocycles. The van der Waals surface area contributed by atoms with E-state index in [9.17, 15) is 14.7 Å². The van der Waals surface area contributed by atoms with Gasteiger partial charge in [-0.3, -0.25) is 19.5 Å². The van der Waals surface area contributed by atoms with Crippen molar-refractivity contribution in [2.24, 2.45) is 0 Å². The number of rotatable bonds is 4. The van der Waals surface area contributed by atoms with E-state index in [0.717, 1.165) is 11.1 Å². The van der Waals surface area contributed by atoms with E-state index in [1.807, 2.05) is 26.0 Å². The molecule has 2 heterocycles. The molecule has 4 rings (SSSR count). The lowest BCUT2D eigenvalue weighted by atomic mass is 9.97. The Bertz CT molecular complexity index is 1180. The lowest BCUT2D eigenvalue weighted by Gasteiger charge is -2.26. The van der Waals surface area contributed by atoms with Crippen LogP contribution in [0.15, 0.2) is 72.4 Å². The van der Waals surface area contributed by atoms with Crippen LogP contribution in [0.3, 0.4) is 0 Å². The summed E-state index contributed by atoms with van der Waals surface area (Å²) in [5, 5.41) is 11.1. The first-order chi connectivity index (χ1) is 14.9. The second-order valence-corrected chi connectivity index (χ2v) is 7.37. The quantitative estimate of drug-likeness (QED) is 0.390. The van der Waals surface area contributed by atoms with Crippen LogP contribution in [0, 0.1) is 13.8 Å². The topological polar surface area (TPSA) is 79.7 Å². The third kappa shape index (κ3) is 3.46. The number of Topliss-reactive ketones (excluding diaryl/α,β-unsaturated/α-hetero) is 1. The Labute approximate surface area is 180 Å². The molecule has 1 fully saturated rings. The van der Waals surface area contributed by atoms with Gasteiger partial charge in [0.15, 0.2) is 0 Å². The molecule has 6 nitrogen and oxygen atoms in total. The largest absolute Gasteiger partial charge is 0.507 e. The average Bonchev–Trinajstić information content (AvgIpc) is 3.06. The molecule has 0 aliphatic carbocycles.